The second-order valence-electron chi connectivity index (χ2n) is 9.22. The molecule has 180 valence electrons. The topological polar surface area (TPSA) is 105 Å². The van der Waals surface area contributed by atoms with Gasteiger partial charge in [0, 0.05) is 32.5 Å². The van der Waals surface area contributed by atoms with E-state index < -0.39 is 17.6 Å². The molecule has 1 saturated heterocycles. The predicted octanol–water partition coefficient (Wildman–Crippen LogP) is 3.25. The van der Waals surface area contributed by atoms with Gasteiger partial charge in [0.1, 0.15) is 12.1 Å². The van der Waals surface area contributed by atoms with Crippen LogP contribution in [0.1, 0.15) is 36.8 Å². The molecule has 0 radical (unpaired) electrons. The van der Waals surface area contributed by atoms with Gasteiger partial charge in [-0.2, -0.15) is 0 Å². The summed E-state index contributed by atoms with van der Waals surface area (Å²) in [5, 5.41) is 11.5. The molecule has 0 spiro atoms. The summed E-state index contributed by atoms with van der Waals surface area (Å²) in [4.78, 5) is 38.2. The number of amides is 2. The van der Waals surface area contributed by atoms with Crippen LogP contribution in [0.4, 0.5) is 4.79 Å². The van der Waals surface area contributed by atoms with Crippen LogP contribution in [-0.4, -0.2) is 66.9 Å². The van der Waals surface area contributed by atoms with Gasteiger partial charge in [-0.1, -0.05) is 48.5 Å². The first-order valence-electron chi connectivity index (χ1n) is 11.5. The van der Waals surface area contributed by atoms with Crippen LogP contribution in [0.3, 0.4) is 0 Å². The maximum Gasteiger partial charge on any atom is 0.408 e. The van der Waals surface area contributed by atoms with Gasteiger partial charge in [0.15, 0.2) is 0 Å². The molecular formula is C26H30N2O6. The molecule has 34 heavy (non-hydrogen) atoms. The maximum atomic E-state index is 13.1. The number of carboxylic acid groups (broad SMARTS) is 1. The zero-order valence-electron chi connectivity index (χ0n) is 19.5. The third-order valence-corrected chi connectivity index (χ3v) is 6.64. The number of alkyl carbamates (subject to hydrolysis) is 1. The molecular weight excluding hydrogens is 436 g/mol. The summed E-state index contributed by atoms with van der Waals surface area (Å²) in [6.07, 6.45) is -0.0716. The quantitative estimate of drug-likeness (QED) is 0.588. The van der Waals surface area contributed by atoms with Crippen LogP contribution in [0, 0.1) is 5.92 Å². The van der Waals surface area contributed by atoms with Crippen molar-refractivity contribution in [1.29, 1.82) is 0 Å². The fraction of sp³-hybridized carbons (Fsp3) is 0.423. The Balaban J connectivity index is 1.37. The van der Waals surface area contributed by atoms with E-state index in [0.29, 0.717) is 19.5 Å². The van der Waals surface area contributed by atoms with Crippen molar-refractivity contribution < 1.29 is 29.0 Å². The van der Waals surface area contributed by atoms with Gasteiger partial charge >= 0.3 is 12.1 Å². The third-order valence-electron chi connectivity index (χ3n) is 6.64. The lowest BCUT2D eigenvalue weighted by Crippen LogP contribution is -2.64. The molecule has 1 atom stereocenters. The van der Waals surface area contributed by atoms with Crippen molar-refractivity contribution >= 4 is 18.0 Å². The number of nitrogens with one attached hydrogen (secondary N) is 1. The number of likely N-dealkylation sites (tertiary alicyclic amines) is 1. The smallest absolute Gasteiger partial charge is 0.408 e. The van der Waals surface area contributed by atoms with Gasteiger partial charge < -0.3 is 24.8 Å². The number of hydrogen-bond acceptors (Lipinski definition) is 5. The van der Waals surface area contributed by atoms with Crippen molar-refractivity contribution in [3.63, 3.8) is 0 Å². The first kappa shape index (κ1) is 23.8. The summed E-state index contributed by atoms with van der Waals surface area (Å²) in [6, 6.07) is 16.2. The molecule has 4 rings (SSSR count). The maximum absolute atomic E-state index is 13.1. The van der Waals surface area contributed by atoms with Gasteiger partial charge in [0.25, 0.3) is 5.91 Å². The predicted molar refractivity (Wildman–Crippen MR) is 125 cm³/mol. The lowest BCUT2D eigenvalue weighted by Gasteiger charge is -2.43. The summed E-state index contributed by atoms with van der Waals surface area (Å²) in [7, 11) is 1.47. The zero-order chi connectivity index (χ0) is 24.3. The number of methoxy groups -OCH3 is 1. The molecule has 1 unspecified atom stereocenters. The number of carboxylic acids is 1. The lowest BCUT2D eigenvalue weighted by molar-refractivity contribution is -0.146. The van der Waals surface area contributed by atoms with E-state index in [0.717, 1.165) is 22.3 Å². The number of aliphatic carboxylic acids is 1. The minimum Gasteiger partial charge on any atom is -0.481 e. The summed E-state index contributed by atoms with van der Waals surface area (Å²) < 4.78 is 10.8. The first-order valence-corrected chi connectivity index (χ1v) is 11.5. The molecule has 2 aromatic carbocycles. The van der Waals surface area contributed by atoms with Gasteiger partial charge in [-0.25, -0.2) is 4.79 Å². The summed E-state index contributed by atoms with van der Waals surface area (Å²) in [6.45, 7) is 2.70. The average Bonchev–Trinajstić information content (AvgIpc) is 3.10. The number of carbonyl (C=O) groups excluding carboxylic acids is 2. The van der Waals surface area contributed by atoms with Crippen LogP contribution in [0.25, 0.3) is 11.1 Å². The molecule has 8 nitrogen and oxygen atoms in total. The molecule has 2 aliphatic rings. The SMILES string of the molecule is COCC(C)(NC(=O)OCC1c2ccccc2-c2ccccc21)C(=O)N1CC(CCC(=O)O)C1. The monoisotopic (exact) mass is 466 g/mol. The minimum absolute atomic E-state index is 0.00762. The van der Waals surface area contributed by atoms with Crippen molar-refractivity contribution in [1.82, 2.24) is 10.2 Å². The van der Waals surface area contributed by atoms with E-state index >= 15 is 0 Å². The zero-order valence-corrected chi connectivity index (χ0v) is 19.5. The van der Waals surface area contributed by atoms with E-state index in [1.807, 2.05) is 36.4 Å². The van der Waals surface area contributed by atoms with Crippen LogP contribution in [0.15, 0.2) is 48.5 Å². The van der Waals surface area contributed by atoms with Gasteiger partial charge in [-0.15, -0.1) is 0 Å². The Labute approximate surface area is 198 Å². The van der Waals surface area contributed by atoms with Gasteiger partial charge in [-0.05, 0) is 41.5 Å². The van der Waals surface area contributed by atoms with E-state index in [1.54, 1.807) is 11.8 Å². The number of carbonyl (C=O) groups is 3. The largest absolute Gasteiger partial charge is 0.481 e. The normalized spacial score (nSPS) is 16.7. The Hall–Kier alpha value is -3.39. The standard InChI is InChI=1S/C26H30N2O6/c1-26(16-33-2,24(31)28-13-17(14-28)11-12-23(29)30)27-25(32)34-15-22-20-9-5-3-7-18(20)19-8-4-6-10-21(19)22/h3-10,17,22H,11-16H2,1-2H3,(H,27,32)(H,29,30). The molecule has 8 heteroatoms. The number of nitrogens with zero attached hydrogens (tertiary/aromatic N) is 1. The average molecular weight is 467 g/mol. The highest BCUT2D eigenvalue weighted by atomic mass is 16.5. The van der Waals surface area contributed by atoms with E-state index in [-0.39, 0.29) is 37.4 Å². The summed E-state index contributed by atoms with van der Waals surface area (Å²) in [5.74, 6) is -1.03. The third kappa shape index (κ3) is 4.77. The molecule has 1 heterocycles. The highest BCUT2D eigenvalue weighted by Gasteiger charge is 2.43. The van der Waals surface area contributed by atoms with Crippen LogP contribution in [0.2, 0.25) is 0 Å². The second-order valence-corrected chi connectivity index (χ2v) is 9.22. The molecule has 0 bridgehead atoms. The van der Waals surface area contributed by atoms with Gasteiger partial charge in [0.05, 0.1) is 6.61 Å². The number of fused-ring (bicyclic) bond motifs is 3. The Kier molecular flexibility index (Phi) is 6.88. The first-order chi connectivity index (χ1) is 16.3. The molecule has 1 aliphatic heterocycles. The van der Waals surface area contributed by atoms with E-state index in [9.17, 15) is 14.4 Å². The van der Waals surface area contributed by atoms with Crippen molar-refractivity contribution in [2.24, 2.45) is 5.92 Å². The Morgan fingerprint density at radius 2 is 1.65 bits per heavy atom. The fourth-order valence-electron chi connectivity index (χ4n) is 4.89. The fourth-order valence-corrected chi connectivity index (χ4v) is 4.89. The summed E-state index contributed by atoms with van der Waals surface area (Å²) >= 11 is 0. The Morgan fingerprint density at radius 1 is 1.06 bits per heavy atom. The van der Waals surface area contributed by atoms with E-state index in [1.165, 1.54) is 7.11 Å². The molecule has 1 aliphatic carbocycles. The van der Waals surface area contributed by atoms with Crippen LogP contribution < -0.4 is 5.32 Å². The number of ether oxygens (including phenoxy) is 2. The number of rotatable bonds is 9. The number of benzene rings is 2. The van der Waals surface area contributed by atoms with Crippen molar-refractivity contribution in [3.8, 4) is 11.1 Å². The van der Waals surface area contributed by atoms with Crippen LogP contribution >= 0.6 is 0 Å². The van der Waals surface area contributed by atoms with Crippen molar-refractivity contribution in [2.75, 3.05) is 33.4 Å². The second kappa shape index (κ2) is 9.85. The molecule has 2 N–H and O–H groups in total. The summed E-state index contributed by atoms with van der Waals surface area (Å²) in [5.41, 5.74) is 3.22. The number of hydrogen-bond donors (Lipinski definition) is 2. The minimum atomic E-state index is -1.28. The molecule has 0 saturated carbocycles. The van der Waals surface area contributed by atoms with Crippen molar-refractivity contribution in [3.05, 3.63) is 59.7 Å². The highest BCUT2D eigenvalue weighted by Crippen LogP contribution is 2.44. The van der Waals surface area contributed by atoms with Crippen LogP contribution in [0.5, 0.6) is 0 Å². The lowest BCUT2D eigenvalue weighted by atomic mass is 9.91. The van der Waals surface area contributed by atoms with E-state index in [2.05, 4.69) is 17.4 Å². The van der Waals surface area contributed by atoms with Crippen molar-refractivity contribution in [2.45, 2.75) is 31.2 Å². The van der Waals surface area contributed by atoms with Crippen LogP contribution in [-0.2, 0) is 19.1 Å². The van der Waals surface area contributed by atoms with E-state index in [4.69, 9.17) is 14.6 Å². The van der Waals surface area contributed by atoms with Gasteiger partial charge in [0.2, 0.25) is 0 Å². The molecule has 1 fully saturated rings. The molecule has 2 aromatic rings. The molecule has 2 amide bonds. The Bertz CT molecular complexity index is 1030. The van der Waals surface area contributed by atoms with Gasteiger partial charge in [-0.3, -0.25) is 9.59 Å². The highest BCUT2D eigenvalue weighted by molar-refractivity contribution is 5.90. The Morgan fingerprint density at radius 3 is 2.21 bits per heavy atom. The molecule has 0 aromatic heterocycles.